The topological polar surface area (TPSA) is 38.1 Å². The van der Waals surface area contributed by atoms with Crippen molar-refractivity contribution >= 4 is 11.3 Å². The van der Waals surface area contributed by atoms with Crippen molar-refractivity contribution in [1.82, 2.24) is 10.3 Å². The fraction of sp³-hybridized carbons (Fsp3) is 0.300. The lowest BCUT2D eigenvalue weighted by molar-refractivity contribution is 0.501. The zero-order valence-electron chi connectivity index (χ0n) is 8.20. The monoisotopic (exact) mass is 208 g/mol. The molecule has 0 spiro atoms. The van der Waals surface area contributed by atoms with Gasteiger partial charge in [0.05, 0.1) is 12.2 Å². The number of hydrogen-bond donors (Lipinski definition) is 1. The van der Waals surface area contributed by atoms with Crippen molar-refractivity contribution in [2.75, 3.05) is 7.05 Å². The molecule has 2 aromatic heterocycles. The number of aromatic nitrogens is 1. The molecule has 4 heteroatoms. The molecule has 0 atom stereocenters. The van der Waals surface area contributed by atoms with E-state index in [1.165, 1.54) is 0 Å². The lowest BCUT2D eigenvalue weighted by atomic mass is 10.3. The molecule has 0 fully saturated rings. The molecule has 2 rings (SSSR count). The Morgan fingerprint density at radius 3 is 3.07 bits per heavy atom. The third-order valence-electron chi connectivity index (χ3n) is 2.00. The molecule has 0 radical (unpaired) electrons. The lowest BCUT2D eigenvalue weighted by Crippen LogP contribution is -2.04. The second kappa shape index (κ2) is 3.94. The predicted octanol–water partition coefficient (Wildman–Crippen LogP) is 2.43. The second-order valence-corrected chi connectivity index (χ2v) is 3.85. The van der Waals surface area contributed by atoms with Crippen LogP contribution in [0.15, 0.2) is 21.2 Å². The van der Waals surface area contributed by atoms with E-state index in [0.717, 1.165) is 23.6 Å². The van der Waals surface area contributed by atoms with Crippen molar-refractivity contribution in [2.45, 2.75) is 13.5 Å². The molecule has 0 bridgehead atoms. The van der Waals surface area contributed by atoms with E-state index < -0.39 is 0 Å². The molecular formula is C10H12N2OS. The van der Waals surface area contributed by atoms with Crippen LogP contribution in [0.5, 0.6) is 0 Å². The maximum Gasteiger partial charge on any atom is 0.227 e. The van der Waals surface area contributed by atoms with Crippen LogP contribution in [0.3, 0.4) is 0 Å². The van der Waals surface area contributed by atoms with E-state index in [-0.39, 0.29) is 0 Å². The van der Waals surface area contributed by atoms with Crippen LogP contribution in [-0.2, 0) is 6.54 Å². The van der Waals surface area contributed by atoms with Crippen LogP contribution >= 0.6 is 11.3 Å². The smallest absolute Gasteiger partial charge is 0.227 e. The molecule has 0 saturated heterocycles. The van der Waals surface area contributed by atoms with Crippen LogP contribution in [-0.4, -0.2) is 12.0 Å². The van der Waals surface area contributed by atoms with Gasteiger partial charge < -0.3 is 9.73 Å². The van der Waals surface area contributed by atoms with Gasteiger partial charge in [-0.05, 0) is 25.4 Å². The van der Waals surface area contributed by atoms with Crippen LogP contribution in [0, 0.1) is 6.92 Å². The third-order valence-corrected chi connectivity index (χ3v) is 2.68. The Morgan fingerprint density at radius 2 is 2.43 bits per heavy atom. The normalized spacial score (nSPS) is 10.7. The number of hydrogen-bond acceptors (Lipinski definition) is 4. The van der Waals surface area contributed by atoms with Gasteiger partial charge in [-0.2, -0.15) is 11.3 Å². The first-order chi connectivity index (χ1) is 6.81. The van der Waals surface area contributed by atoms with E-state index in [9.17, 15) is 0 Å². The predicted molar refractivity (Wildman–Crippen MR) is 57.3 cm³/mol. The summed E-state index contributed by atoms with van der Waals surface area (Å²) >= 11 is 1.65. The largest absolute Gasteiger partial charge is 0.440 e. The fourth-order valence-electron chi connectivity index (χ4n) is 1.26. The average Bonchev–Trinajstić information content (AvgIpc) is 2.76. The summed E-state index contributed by atoms with van der Waals surface area (Å²) in [6, 6.07) is 2.01. The SMILES string of the molecule is CNCc1oc(-c2ccsc2)nc1C. The van der Waals surface area contributed by atoms with Crippen molar-refractivity contribution in [3.05, 3.63) is 28.3 Å². The molecule has 0 saturated carbocycles. The van der Waals surface area contributed by atoms with Gasteiger partial charge >= 0.3 is 0 Å². The Hall–Kier alpha value is -1.13. The van der Waals surface area contributed by atoms with Crippen molar-refractivity contribution in [1.29, 1.82) is 0 Å². The highest BCUT2D eigenvalue weighted by Gasteiger charge is 2.10. The highest BCUT2D eigenvalue weighted by Crippen LogP contribution is 2.23. The summed E-state index contributed by atoms with van der Waals surface area (Å²) in [6.45, 7) is 2.69. The Labute approximate surface area is 86.8 Å². The number of thiophene rings is 1. The maximum absolute atomic E-state index is 5.63. The van der Waals surface area contributed by atoms with Gasteiger partial charge in [-0.25, -0.2) is 4.98 Å². The standard InChI is InChI=1S/C10H12N2OS/c1-7-9(5-11-2)13-10(12-7)8-3-4-14-6-8/h3-4,6,11H,5H2,1-2H3. The molecule has 0 unspecified atom stereocenters. The number of oxazole rings is 1. The maximum atomic E-state index is 5.63. The van der Waals surface area contributed by atoms with Crippen LogP contribution in [0.1, 0.15) is 11.5 Å². The molecular weight excluding hydrogens is 196 g/mol. The zero-order valence-corrected chi connectivity index (χ0v) is 9.02. The molecule has 14 heavy (non-hydrogen) atoms. The van der Waals surface area contributed by atoms with Crippen molar-refractivity contribution < 1.29 is 4.42 Å². The van der Waals surface area contributed by atoms with Crippen LogP contribution in [0.4, 0.5) is 0 Å². The molecule has 3 nitrogen and oxygen atoms in total. The first-order valence-electron chi connectivity index (χ1n) is 4.44. The second-order valence-electron chi connectivity index (χ2n) is 3.07. The number of nitrogens with zero attached hydrogens (tertiary/aromatic N) is 1. The first kappa shape index (κ1) is 9.43. The Kier molecular flexibility index (Phi) is 2.65. The summed E-state index contributed by atoms with van der Waals surface area (Å²) < 4.78 is 5.63. The Bertz CT molecular complexity index is 406. The summed E-state index contributed by atoms with van der Waals surface area (Å²) in [5.74, 6) is 1.63. The summed E-state index contributed by atoms with van der Waals surface area (Å²) in [5, 5.41) is 7.11. The van der Waals surface area contributed by atoms with Crippen molar-refractivity contribution in [3.63, 3.8) is 0 Å². The number of aryl methyl sites for hydroxylation is 1. The van der Waals surface area contributed by atoms with E-state index in [1.54, 1.807) is 11.3 Å². The van der Waals surface area contributed by atoms with Gasteiger partial charge in [0.15, 0.2) is 0 Å². The van der Waals surface area contributed by atoms with Crippen molar-refractivity contribution in [2.24, 2.45) is 0 Å². The number of nitrogens with one attached hydrogen (secondary N) is 1. The van der Waals surface area contributed by atoms with E-state index in [2.05, 4.69) is 10.3 Å². The van der Waals surface area contributed by atoms with Gasteiger partial charge in [-0.1, -0.05) is 0 Å². The van der Waals surface area contributed by atoms with E-state index >= 15 is 0 Å². The summed E-state index contributed by atoms with van der Waals surface area (Å²) in [4.78, 5) is 4.37. The molecule has 74 valence electrons. The summed E-state index contributed by atoms with van der Waals surface area (Å²) in [6.07, 6.45) is 0. The van der Waals surface area contributed by atoms with E-state index in [1.807, 2.05) is 30.8 Å². The fourth-order valence-corrected chi connectivity index (χ4v) is 1.89. The van der Waals surface area contributed by atoms with Gasteiger partial charge in [-0.15, -0.1) is 0 Å². The minimum atomic E-state index is 0.717. The summed E-state index contributed by atoms with van der Waals surface area (Å²) in [7, 11) is 1.90. The minimum Gasteiger partial charge on any atom is -0.440 e. The lowest BCUT2D eigenvalue weighted by Gasteiger charge is -1.93. The summed E-state index contributed by atoms with van der Waals surface area (Å²) in [5.41, 5.74) is 2.01. The van der Waals surface area contributed by atoms with Gasteiger partial charge in [0.25, 0.3) is 0 Å². The molecule has 2 heterocycles. The molecule has 0 aliphatic rings. The van der Waals surface area contributed by atoms with E-state index in [0.29, 0.717) is 5.89 Å². The van der Waals surface area contributed by atoms with Gasteiger partial charge in [-0.3, -0.25) is 0 Å². The first-order valence-corrected chi connectivity index (χ1v) is 5.39. The highest BCUT2D eigenvalue weighted by atomic mass is 32.1. The van der Waals surface area contributed by atoms with Crippen LogP contribution < -0.4 is 5.32 Å². The molecule has 0 amide bonds. The molecule has 0 aliphatic carbocycles. The van der Waals surface area contributed by atoms with Crippen LogP contribution in [0.2, 0.25) is 0 Å². The highest BCUT2D eigenvalue weighted by molar-refractivity contribution is 7.08. The van der Waals surface area contributed by atoms with Gasteiger partial charge in [0.1, 0.15) is 5.76 Å². The molecule has 0 aromatic carbocycles. The van der Waals surface area contributed by atoms with Crippen molar-refractivity contribution in [3.8, 4) is 11.5 Å². The quantitative estimate of drug-likeness (QED) is 0.841. The average molecular weight is 208 g/mol. The van der Waals surface area contributed by atoms with Gasteiger partial charge in [0.2, 0.25) is 5.89 Å². The molecule has 2 aromatic rings. The van der Waals surface area contributed by atoms with E-state index in [4.69, 9.17) is 4.42 Å². The minimum absolute atomic E-state index is 0.717. The number of rotatable bonds is 3. The Morgan fingerprint density at radius 1 is 1.57 bits per heavy atom. The zero-order chi connectivity index (χ0) is 9.97. The Balaban J connectivity index is 2.33. The van der Waals surface area contributed by atoms with Crippen LogP contribution in [0.25, 0.3) is 11.5 Å². The molecule has 1 N–H and O–H groups in total. The third kappa shape index (κ3) is 1.71. The van der Waals surface area contributed by atoms with Gasteiger partial charge in [0, 0.05) is 10.9 Å². The molecule has 0 aliphatic heterocycles.